The van der Waals surface area contributed by atoms with Crippen LogP contribution in [0.3, 0.4) is 0 Å². The normalized spacial score (nSPS) is 13.1. The van der Waals surface area contributed by atoms with Crippen LogP contribution in [0, 0.1) is 0 Å². The number of hydrogen-bond donors (Lipinski definition) is 0. The van der Waals surface area contributed by atoms with Crippen LogP contribution in [0.15, 0.2) is 286 Å². The van der Waals surface area contributed by atoms with Gasteiger partial charge < -0.3 is 4.57 Å². The van der Waals surface area contributed by atoms with Gasteiger partial charge in [0.25, 0.3) is 0 Å². The lowest BCUT2D eigenvalue weighted by molar-refractivity contribution is 1.16. The lowest BCUT2D eigenvalue weighted by Gasteiger charge is -2.45. The van der Waals surface area contributed by atoms with Crippen molar-refractivity contribution in [2.24, 2.45) is 0 Å². The molecule has 0 N–H and O–H groups in total. The zero-order valence-electron chi connectivity index (χ0n) is 40.9. The summed E-state index contributed by atoms with van der Waals surface area (Å²) in [6.07, 6.45) is 6.17. The Morgan fingerprint density at radius 3 is 1.63 bits per heavy atom. The van der Waals surface area contributed by atoms with Gasteiger partial charge in [-0.3, -0.25) is 9.30 Å². The molecule has 4 aromatic heterocycles. The summed E-state index contributed by atoms with van der Waals surface area (Å²) in [6.45, 7) is 0. The number of fused-ring (bicyclic) bond motifs is 12. The number of nitrogens with zero attached hydrogens (tertiary/aromatic N) is 5. The molecule has 5 nitrogen and oxygen atoms in total. The maximum Gasteiger partial charge on any atom is 0.188 e. The molecule has 14 aromatic rings. The number of pyridine rings is 2. The lowest BCUT2D eigenvalue weighted by atomic mass is 10.1. The fourth-order valence-corrected chi connectivity index (χ4v) is 23.0. The largest absolute Gasteiger partial charge is 0.309 e. The number of imidazole rings is 1. The van der Waals surface area contributed by atoms with Crippen LogP contribution in [0.25, 0.3) is 54.8 Å². The molecule has 5 heterocycles. The second-order valence-corrected chi connectivity index (χ2v) is 27.2. The molecule has 0 saturated carbocycles. The highest BCUT2D eigenvalue weighted by Gasteiger charge is 2.52. The van der Waals surface area contributed by atoms with Crippen LogP contribution in [-0.4, -0.2) is 35.1 Å². The first-order valence-corrected chi connectivity index (χ1v) is 29.7. The van der Waals surface area contributed by atoms with E-state index in [1.165, 1.54) is 63.2 Å². The summed E-state index contributed by atoms with van der Waals surface area (Å²) in [5.41, 5.74) is 7.77. The first-order valence-electron chi connectivity index (χ1n) is 25.7. The van der Waals surface area contributed by atoms with Crippen molar-refractivity contribution in [3.05, 3.63) is 286 Å². The van der Waals surface area contributed by atoms with Gasteiger partial charge in [-0.2, -0.15) is 0 Å². The van der Waals surface area contributed by atoms with Crippen molar-refractivity contribution >= 4 is 124 Å². The third kappa shape index (κ3) is 6.23. The van der Waals surface area contributed by atoms with Crippen molar-refractivity contribution in [1.29, 1.82) is 0 Å². The van der Waals surface area contributed by atoms with Crippen LogP contribution < -0.4 is 46.4 Å². The molecule has 1 aliphatic heterocycles. The topological polar surface area (TPSA) is 38.4 Å². The number of para-hydroxylation sites is 4. The summed E-state index contributed by atoms with van der Waals surface area (Å²) in [6, 6.07) is 99.6. The molecule has 0 saturated heterocycles. The van der Waals surface area contributed by atoms with Crippen LogP contribution in [-0.2, 0) is 0 Å². The molecule has 10 aromatic carbocycles. The van der Waals surface area contributed by atoms with Crippen LogP contribution in [0.5, 0.6) is 0 Å². The molecule has 0 unspecified atom stereocenters. The van der Waals surface area contributed by atoms with E-state index in [1.54, 1.807) is 0 Å². The predicted octanol–water partition coefficient (Wildman–Crippen LogP) is 10.7. The lowest BCUT2D eigenvalue weighted by Crippen LogP contribution is -2.77. The van der Waals surface area contributed by atoms with E-state index in [9.17, 15) is 0 Å². The third-order valence-corrected chi connectivity index (χ3v) is 25.6. The van der Waals surface area contributed by atoms with Gasteiger partial charge in [-0.05, 0) is 84.2 Å². The second kappa shape index (κ2) is 17.1. The molecular weight excluding hydrogens is 943 g/mol. The van der Waals surface area contributed by atoms with Gasteiger partial charge in [0.15, 0.2) is 16.1 Å². The van der Waals surface area contributed by atoms with E-state index in [0.29, 0.717) is 0 Å². The van der Waals surface area contributed by atoms with Gasteiger partial charge >= 0.3 is 0 Å². The van der Waals surface area contributed by atoms with E-state index in [-0.39, 0.29) is 0 Å². The van der Waals surface area contributed by atoms with E-state index >= 15 is 0 Å². The Bertz CT molecular complexity index is 4400. The SMILES string of the molecule is c1ccc(-n2c3ccccc3c3cnc4c(c32)[Si](c2ccccc2)(c2ccccc2)c2ccccc2N4c2cccc([Si](c3ccccc3)(c3ccccc3)c3ccc4c5ccccc5n5ccnc5c4c3)c2)cc1. The van der Waals surface area contributed by atoms with Crippen LogP contribution >= 0.6 is 0 Å². The van der Waals surface area contributed by atoms with Crippen LogP contribution in [0.4, 0.5) is 17.2 Å². The van der Waals surface area contributed by atoms with Crippen molar-refractivity contribution in [3.63, 3.8) is 0 Å². The Morgan fingerprint density at radius 1 is 0.387 bits per heavy atom. The summed E-state index contributed by atoms with van der Waals surface area (Å²) in [5.74, 6) is 0.948. The van der Waals surface area contributed by atoms with Crippen molar-refractivity contribution < 1.29 is 0 Å². The summed E-state index contributed by atoms with van der Waals surface area (Å²) in [4.78, 5) is 13.3. The van der Waals surface area contributed by atoms with E-state index < -0.39 is 16.1 Å². The quantitative estimate of drug-likeness (QED) is 0.0865. The number of rotatable bonds is 8. The Morgan fingerprint density at radius 2 is 0.933 bits per heavy atom. The maximum atomic E-state index is 5.81. The van der Waals surface area contributed by atoms with Crippen molar-refractivity contribution in [2.45, 2.75) is 0 Å². The average Bonchev–Trinajstić information content (AvgIpc) is 4.15. The van der Waals surface area contributed by atoms with Crippen LogP contribution in [0.1, 0.15) is 0 Å². The molecule has 15 rings (SSSR count). The first-order chi connectivity index (χ1) is 37.2. The Kier molecular flexibility index (Phi) is 9.85. The summed E-state index contributed by atoms with van der Waals surface area (Å²) >= 11 is 0. The van der Waals surface area contributed by atoms with E-state index in [2.05, 4.69) is 293 Å². The highest BCUT2D eigenvalue weighted by Crippen LogP contribution is 2.42. The molecule has 0 bridgehead atoms. The van der Waals surface area contributed by atoms with E-state index in [0.717, 1.165) is 50.3 Å². The predicted molar refractivity (Wildman–Crippen MR) is 318 cm³/mol. The molecule has 0 spiro atoms. The van der Waals surface area contributed by atoms with Gasteiger partial charge in [-0.15, -0.1) is 0 Å². The highest BCUT2D eigenvalue weighted by molar-refractivity contribution is 7.22. The molecule has 1 aliphatic rings. The molecule has 0 atom stereocenters. The molecule has 0 amide bonds. The van der Waals surface area contributed by atoms with Gasteiger partial charge in [-0.25, -0.2) is 9.97 Å². The molecular formula is C68H47N5Si2. The van der Waals surface area contributed by atoms with E-state index in [1.807, 2.05) is 6.20 Å². The van der Waals surface area contributed by atoms with Crippen LogP contribution in [0.2, 0.25) is 0 Å². The number of hydrogen-bond acceptors (Lipinski definition) is 3. The monoisotopic (exact) mass is 989 g/mol. The fraction of sp³-hybridized carbons (Fsp3) is 0. The molecule has 7 heteroatoms. The third-order valence-electron chi connectivity index (χ3n) is 16.0. The maximum absolute atomic E-state index is 5.81. The highest BCUT2D eigenvalue weighted by atomic mass is 28.3. The summed E-state index contributed by atoms with van der Waals surface area (Å²) < 4.78 is 4.76. The molecule has 0 fully saturated rings. The van der Waals surface area contributed by atoms with Gasteiger partial charge in [-0.1, -0.05) is 224 Å². The Labute approximate surface area is 436 Å². The van der Waals surface area contributed by atoms with Crippen molar-refractivity contribution in [2.75, 3.05) is 4.90 Å². The molecule has 0 aliphatic carbocycles. The number of aromatic nitrogens is 4. The van der Waals surface area contributed by atoms with E-state index in [4.69, 9.17) is 9.97 Å². The zero-order chi connectivity index (χ0) is 49.5. The van der Waals surface area contributed by atoms with Gasteiger partial charge in [0, 0.05) is 62.4 Å². The smallest absolute Gasteiger partial charge is 0.188 e. The van der Waals surface area contributed by atoms with Gasteiger partial charge in [0.2, 0.25) is 0 Å². The van der Waals surface area contributed by atoms with Gasteiger partial charge in [0.05, 0.1) is 16.6 Å². The Hall–Kier alpha value is -9.41. The molecule has 75 heavy (non-hydrogen) atoms. The second-order valence-electron chi connectivity index (χ2n) is 19.7. The number of anilines is 3. The average molecular weight is 990 g/mol. The minimum Gasteiger partial charge on any atom is -0.309 e. The summed E-state index contributed by atoms with van der Waals surface area (Å²) in [5, 5.41) is 16.2. The summed E-state index contributed by atoms with van der Waals surface area (Å²) in [7, 11) is -6.40. The minimum absolute atomic E-state index is 0.948. The standard InChI is InChI=1S/C68H47N5Si2/c1-6-23-48(24-7-1)72-62-38-19-17-36-58(62)60-47-70-68-66(65(60)72)75(52-30-12-4-13-31-52,53-32-14-5-15-33-53)64-40-21-20-39-63(64)73(68)49-25-22-34-54(45-49)74(50-26-8-2-9-27-50,51-28-10-3-11-29-51)55-41-42-56-57-35-16-18-37-61(57)71-44-43-69-67(71)59(56)46-55/h1-47H. The fourth-order valence-electron chi connectivity index (χ4n) is 13.0. The van der Waals surface area contributed by atoms with Gasteiger partial charge in [0.1, 0.15) is 11.5 Å². The Balaban J connectivity index is 1.07. The molecule has 352 valence electrons. The molecule has 0 radical (unpaired) electrons. The first kappa shape index (κ1) is 43.2. The van der Waals surface area contributed by atoms with Crippen molar-refractivity contribution in [3.8, 4) is 5.69 Å². The minimum atomic E-state index is -3.24. The number of benzene rings is 10. The van der Waals surface area contributed by atoms with Crippen molar-refractivity contribution in [1.82, 2.24) is 18.9 Å². The zero-order valence-corrected chi connectivity index (χ0v) is 42.9.